The van der Waals surface area contributed by atoms with Crippen molar-refractivity contribution in [3.63, 3.8) is 0 Å². The fourth-order valence-electron chi connectivity index (χ4n) is 1.17. The molecule has 0 heterocycles. The van der Waals surface area contributed by atoms with E-state index >= 15 is 0 Å². The van der Waals surface area contributed by atoms with Crippen LogP contribution in [0.2, 0.25) is 5.02 Å². The van der Waals surface area contributed by atoms with Crippen LogP contribution in [0.3, 0.4) is 0 Å². The molecule has 4 heteroatoms. The Hall–Kier alpha value is -1.48. The first kappa shape index (κ1) is 12.6. The molecule has 0 aliphatic heterocycles. The van der Waals surface area contributed by atoms with E-state index in [1.54, 1.807) is 25.4 Å². The van der Waals surface area contributed by atoms with Gasteiger partial charge in [0.05, 0.1) is 17.0 Å². The zero-order valence-corrected chi connectivity index (χ0v) is 10.2. The summed E-state index contributed by atoms with van der Waals surface area (Å²) in [5, 5.41) is 9.86. The Morgan fingerprint density at radius 3 is 2.88 bits per heavy atom. The summed E-state index contributed by atoms with van der Waals surface area (Å²) in [5.41, 5.74) is 1.40. The normalized spacial score (nSPS) is 10.7. The Balaban J connectivity index is 2.89. The Bertz CT molecular complexity index is 416. The number of aliphatic imine (C=N–C) groups is 1. The molecule has 0 aliphatic rings. The van der Waals surface area contributed by atoms with E-state index in [2.05, 4.69) is 11.6 Å². The number of aromatic hydroxyl groups is 1. The smallest absolute Gasteiger partial charge is 0.120 e. The van der Waals surface area contributed by atoms with Crippen molar-refractivity contribution in [1.29, 1.82) is 0 Å². The lowest BCUT2D eigenvalue weighted by Gasteiger charge is -2.09. The maximum atomic E-state index is 9.43. The van der Waals surface area contributed by atoms with Gasteiger partial charge in [0.25, 0.3) is 0 Å². The number of hydrogen-bond donors (Lipinski definition) is 1. The average Bonchev–Trinajstić information content (AvgIpc) is 2.22. The van der Waals surface area contributed by atoms with E-state index in [0.29, 0.717) is 10.7 Å². The Labute approximate surface area is 101 Å². The molecular weight excluding hydrogens is 224 g/mol. The summed E-state index contributed by atoms with van der Waals surface area (Å²) in [6.45, 7) is 6.16. The van der Waals surface area contributed by atoms with Gasteiger partial charge in [0.1, 0.15) is 5.75 Å². The van der Waals surface area contributed by atoms with Crippen molar-refractivity contribution in [2.45, 2.75) is 6.92 Å². The van der Waals surface area contributed by atoms with E-state index in [0.717, 1.165) is 12.1 Å². The van der Waals surface area contributed by atoms with Gasteiger partial charge in [0, 0.05) is 19.7 Å². The molecule has 0 spiro atoms. The van der Waals surface area contributed by atoms with E-state index < -0.39 is 0 Å². The first-order valence-electron chi connectivity index (χ1n) is 4.89. The van der Waals surface area contributed by atoms with Crippen molar-refractivity contribution < 1.29 is 5.11 Å². The fourth-order valence-corrected chi connectivity index (χ4v) is 1.37. The number of likely N-dealkylation sites (N-methyl/N-ethyl adjacent to an activating group) is 1. The second kappa shape index (κ2) is 5.56. The largest absolute Gasteiger partial charge is 0.508 e. The highest BCUT2D eigenvalue weighted by molar-refractivity contribution is 6.33. The fraction of sp³-hybridized carbons (Fsp3) is 0.250. The lowest BCUT2D eigenvalue weighted by atomic mass is 10.2. The molecule has 0 saturated carbocycles. The molecule has 0 aliphatic carbocycles. The minimum Gasteiger partial charge on any atom is -0.508 e. The van der Waals surface area contributed by atoms with Crippen LogP contribution in [0.4, 0.5) is 5.69 Å². The maximum Gasteiger partial charge on any atom is 0.120 e. The predicted molar refractivity (Wildman–Crippen MR) is 68.8 cm³/mol. The summed E-state index contributed by atoms with van der Waals surface area (Å²) in [7, 11) is 1.90. The third-order valence-corrected chi connectivity index (χ3v) is 2.38. The van der Waals surface area contributed by atoms with Crippen LogP contribution < -0.4 is 0 Å². The van der Waals surface area contributed by atoms with E-state index in [1.807, 2.05) is 11.9 Å². The average molecular weight is 239 g/mol. The molecule has 1 aromatic carbocycles. The monoisotopic (exact) mass is 238 g/mol. The maximum absolute atomic E-state index is 9.43. The van der Waals surface area contributed by atoms with Gasteiger partial charge in [-0.05, 0) is 18.6 Å². The van der Waals surface area contributed by atoms with Gasteiger partial charge in [-0.3, -0.25) is 0 Å². The highest BCUT2D eigenvalue weighted by Gasteiger charge is 2.03. The van der Waals surface area contributed by atoms with Gasteiger partial charge in [-0.25, -0.2) is 4.99 Å². The van der Waals surface area contributed by atoms with Crippen LogP contribution in [0.25, 0.3) is 0 Å². The molecular formula is C12H15ClN2O. The summed E-state index contributed by atoms with van der Waals surface area (Å²) in [6.07, 6.45) is 3.47. The number of nitrogens with zero attached hydrogens (tertiary/aromatic N) is 2. The first-order chi connectivity index (χ1) is 7.54. The molecule has 1 N–H and O–H groups in total. The quantitative estimate of drug-likeness (QED) is 0.497. The van der Waals surface area contributed by atoms with Gasteiger partial charge in [0.2, 0.25) is 0 Å². The third kappa shape index (κ3) is 3.28. The van der Waals surface area contributed by atoms with E-state index in [-0.39, 0.29) is 5.75 Å². The number of phenols is 1. The van der Waals surface area contributed by atoms with Crippen molar-refractivity contribution >= 4 is 23.6 Å². The lowest BCUT2D eigenvalue weighted by molar-refractivity contribution is 0.471. The van der Waals surface area contributed by atoms with Gasteiger partial charge in [-0.2, -0.15) is 0 Å². The van der Waals surface area contributed by atoms with Crippen molar-refractivity contribution in [3.05, 3.63) is 35.4 Å². The van der Waals surface area contributed by atoms with Crippen LogP contribution >= 0.6 is 11.6 Å². The summed E-state index contributed by atoms with van der Waals surface area (Å²) in [6, 6.07) is 3.24. The summed E-state index contributed by atoms with van der Waals surface area (Å²) in [5.74, 6) is 0.184. The molecule has 1 rings (SSSR count). The minimum atomic E-state index is 0.184. The molecule has 0 amide bonds. The highest BCUT2D eigenvalue weighted by Crippen LogP contribution is 2.31. The van der Waals surface area contributed by atoms with Crippen LogP contribution in [0.5, 0.6) is 5.75 Å². The second-order valence-electron chi connectivity index (χ2n) is 3.56. The molecule has 0 atom stereocenters. The van der Waals surface area contributed by atoms with Crippen molar-refractivity contribution in [2.24, 2.45) is 4.99 Å². The number of halogens is 1. The summed E-state index contributed by atoms with van der Waals surface area (Å²) in [4.78, 5) is 6.12. The molecule has 3 nitrogen and oxygen atoms in total. The molecule has 0 radical (unpaired) electrons. The lowest BCUT2D eigenvalue weighted by Crippen LogP contribution is -2.15. The van der Waals surface area contributed by atoms with Gasteiger partial charge in [-0.1, -0.05) is 17.7 Å². The number of rotatable bonds is 4. The molecule has 0 bridgehead atoms. The predicted octanol–water partition coefficient (Wildman–Crippen LogP) is 3.13. The number of hydrogen-bond acceptors (Lipinski definition) is 2. The summed E-state index contributed by atoms with van der Waals surface area (Å²) >= 11 is 5.95. The first-order valence-corrected chi connectivity index (χ1v) is 5.27. The van der Waals surface area contributed by atoms with Crippen LogP contribution in [-0.4, -0.2) is 29.9 Å². The number of aryl methyl sites for hydroxylation is 1. The van der Waals surface area contributed by atoms with Crippen LogP contribution in [0.1, 0.15) is 5.56 Å². The SMILES string of the molecule is C=CCN(C)C=Nc1cc(C)c(O)cc1Cl. The van der Waals surface area contributed by atoms with E-state index in [1.165, 1.54) is 6.07 Å². The molecule has 16 heavy (non-hydrogen) atoms. The second-order valence-corrected chi connectivity index (χ2v) is 3.97. The van der Waals surface area contributed by atoms with Crippen molar-refractivity contribution in [3.8, 4) is 5.75 Å². The molecule has 0 saturated heterocycles. The topological polar surface area (TPSA) is 35.8 Å². The van der Waals surface area contributed by atoms with Crippen molar-refractivity contribution in [2.75, 3.05) is 13.6 Å². The van der Waals surface area contributed by atoms with Gasteiger partial charge in [-0.15, -0.1) is 6.58 Å². The number of benzene rings is 1. The molecule has 0 aromatic heterocycles. The van der Waals surface area contributed by atoms with Crippen LogP contribution in [-0.2, 0) is 0 Å². The molecule has 1 aromatic rings. The van der Waals surface area contributed by atoms with Gasteiger partial charge >= 0.3 is 0 Å². The Morgan fingerprint density at radius 1 is 1.56 bits per heavy atom. The van der Waals surface area contributed by atoms with E-state index in [9.17, 15) is 5.11 Å². The van der Waals surface area contributed by atoms with Crippen LogP contribution in [0.15, 0.2) is 29.8 Å². The Kier molecular flexibility index (Phi) is 4.38. The zero-order valence-electron chi connectivity index (χ0n) is 9.44. The standard InChI is InChI=1S/C12H15ClN2O/c1-4-5-15(3)8-14-11-6-9(2)12(16)7-10(11)13/h4,6-8,16H,1,5H2,2-3H3. The summed E-state index contributed by atoms with van der Waals surface area (Å²) < 4.78 is 0. The number of phenolic OH excluding ortho intramolecular Hbond substituents is 1. The third-order valence-electron chi connectivity index (χ3n) is 2.08. The minimum absolute atomic E-state index is 0.184. The molecule has 0 unspecified atom stereocenters. The van der Waals surface area contributed by atoms with Crippen molar-refractivity contribution in [1.82, 2.24) is 4.90 Å². The van der Waals surface area contributed by atoms with Gasteiger partial charge < -0.3 is 10.0 Å². The zero-order chi connectivity index (χ0) is 12.1. The van der Waals surface area contributed by atoms with Gasteiger partial charge in [0.15, 0.2) is 0 Å². The Morgan fingerprint density at radius 2 is 2.25 bits per heavy atom. The molecule has 86 valence electrons. The highest BCUT2D eigenvalue weighted by atomic mass is 35.5. The van der Waals surface area contributed by atoms with E-state index in [4.69, 9.17) is 11.6 Å². The molecule has 0 fully saturated rings. The van der Waals surface area contributed by atoms with Crippen LogP contribution in [0, 0.1) is 6.92 Å².